The molecular weight excluding hydrogens is 366 g/mol. The molecule has 2 N–H and O–H groups in total. The van der Waals surface area contributed by atoms with Gasteiger partial charge in [0.2, 0.25) is 10.0 Å². The SMILES string of the molecule is COc1ccc(C(=O)NCC2CCCNC2)cc1S(=O)(=O)N(C)C.Cl. The van der Waals surface area contributed by atoms with Crippen molar-refractivity contribution >= 4 is 28.3 Å². The Labute approximate surface area is 155 Å². The van der Waals surface area contributed by atoms with Crippen molar-refractivity contribution in [3.63, 3.8) is 0 Å². The average Bonchev–Trinajstić information content (AvgIpc) is 2.59. The number of hydrogen-bond acceptors (Lipinski definition) is 5. The largest absolute Gasteiger partial charge is 0.495 e. The zero-order chi connectivity index (χ0) is 17.7. The van der Waals surface area contributed by atoms with Gasteiger partial charge < -0.3 is 15.4 Å². The molecule has 0 bridgehead atoms. The van der Waals surface area contributed by atoms with Gasteiger partial charge in [-0.25, -0.2) is 12.7 Å². The lowest BCUT2D eigenvalue weighted by atomic mass is 9.99. The van der Waals surface area contributed by atoms with Crippen molar-refractivity contribution in [3.05, 3.63) is 23.8 Å². The van der Waals surface area contributed by atoms with Crippen LogP contribution in [0.15, 0.2) is 23.1 Å². The highest BCUT2D eigenvalue weighted by molar-refractivity contribution is 7.89. The Morgan fingerprint density at radius 1 is 1.40 bits per heavy atom. The minimum atomic E-state index is -3.69. The van der Waals surface area contributed by atoms with Crippen molar-refractivity contribution in [3.8, 4) is 5.75 Å². The molecule has 0 saturated carbocycles. The number of benzene rings is 1. The molecule has 0 aromatic heterocycles. The predicted molar refractivity (Wildman–Crippen MR) is 99.0 cm³/mol. The Morgan fingerprint density at radius 3 is 2.68 bits per heavy atom. The molecule has 1 aromatic carbocycles. The first-order chi connectivity index (χ1) is 11.4. The Hall–Kier alpha value is -1.35. The van der Waals surface area contributed by atoms with E-state index in [0.29, 0.717) is 18.0 Å². The highest BCUT2D eigenvalue weighted by Crippen LogP contribution is 2.26. The second-order valence-corrected chi connectivity index (χ2v) is 8.20. The fraction of sp³-hybridized carbons (Fsp3) is 0.562. The number of amides is 1. The number of rotatable bonds is 6. The van der Waals surface area contributed by atoms with Crippen molar-refractivity contribution in [2.24, 2.45) is 5.92 Å². The smallest absolute Gasteiger partial charge is 0.251 e. The summed E-state index contributed by atoms with van der Waals surface area (Å²) >= 11 is 0. The molecule has 0 aliphatic carbocycles. The van der Waals surface area contributed by atoms with E-state index < -0.39 is 10.0 Å². The number of carbonyl (C=O) groups excluding carboxylic acids is 1. The molecule has 142 valence electrons. The summed E-state index contributed by atoms with van der Waals surface area (Å²) in [5, 5.41) is 6.19. The summed E-state index contributed by atoms with van der Waals surface area (Å²) in [6.07, 6.45) is 2.18. The number of carbonyl (C=O) groups is 1. The molecule has 1 aliphatic heterocycles. The van der Waals surface area contributed by atoms with Crippen LogP contribution in [0.4, 0.5) is 0 Å². The zero-order valence-electron chi connectivity index (χ0n) is 14.7. The van der Waals surface area contributed by atoms with E-state index in [0.717, 1.165) is 30.2 Å². The maximum absolute atomic E-state index is 12.4. The topological polar surface area (TPSA) is 87.7 Å². The van der Waals surface area contributed by atoms with Gasteiger partial charge in [0.15, 0.2) is 0 Å². The van der Waals surface area contributed by atoms with E-state index in [1.165, 1.54) is 33.3 Å². The van der Waals surface area contributed by atoms with E-state index in [1.807, 2.05) is 0 Å². The number of halogens is 1. The molecule has 0 radical (unpaired) electrons. The number of sulfonamides is 1. The molecule has 1 unspecified atom stereocenters. The number of nitrogens with one attached hydrogen (secondary N) is 2. The minimum Gasteiger partial charge on any atom is -0.495 e. The maximum atomic E-state index is 12.4. The lowest BCUT2D eigenvalue weighted by Crippen LogP contribution is -2.38. The van der Waals surface area contributed by atoms with Crippen LogP contribution in [0.3, 0.4) is 0 Å². The Morgan fingerprint density at radius 2 is 2.12 bits per heavy atom. The van der Waals surface area contributed by atoms with Crippen LogP contribution < -0.4 is 15.4 Å². The van der Waals surface area contributed by atoms with Gasteiger partial charge in [0.05, 0.1) is 7.11 Å². The fourth-order valence-corrected chi connectivity index (χ4v) is 3.73. The first-order valence-electron chi connectivity index (χ1n) is 7.95. The van der Waals surface area contributed by atoms with Gasteiger partial charge in [-0.05, 0) is 50.0 Å². The third kappa shape index (κ3) is 5.31. The van der Waals surface area contributed by atoms with Crippen LogP contribution in [-0.2, 0) is 10.0 Å². The van der Waals surface area contributed by atoms with Crippen molar-refractivity contribution in [2.75, 3.05) is 40.8 Å². The van der Waals surface area contributed by atoms with Crippen LogP contribution in [0.2, 0.25) is 0 Å². The quantitative estimate of drug-likeness (QED) is 0.758. The fourth-order valence-electron chi connectivity index (χ4n) is 2.65. The highest BCUT2D eigenvalue weighted by atomic mass is 35.5. The summed E-state index contributed by atoms with van der Waals surface area (Å²) < 4.78 is 31.0. The summed E-state index contributed by atoms with van der Waals surface area (Å²) in [5.41, 5.74) is 0.306. The molecule has 1 aliphatic rings. The van der Waals surface area contributed by atoms with Gasteiger partial charge in [-0.2, -0.15) is 0 Å². The first kappa shape index (κ1) is 21.7. The van der Waals surface area contributed by atoms with E-state index in [1.54, 1.807) is 6.07 Å². The van der Waals surface area contributed by atoms with E-state index in [-0.39, 0.29) is 29.0 Å². The Bertz CT molecular complexity index is 689. The van der Waals surface area contributed by atoms with Crippen molar-refractivity contribution in [1.82, 2.24) is 14.9 Å². The van der Waals surface area contributed by atoms with E-state index in [2.05, 4.69) is 10.6 Å². The van der Waals surface area contributed by atoms with Crippen LogP contribution in [0, 0.1) is 5.92 Å². The van der Waals surface area contributed by atoms with Crippen molar-refractivity contribution in [1.29, 1.82) is 0 Å². The lowest BCUT2D eigenvalue weighted by Gasteiger charge is -2.23. The normalized spacial score (nSPS) is 17.7. The summed E-state index contributed by atoms with van der Waals surface area (Å²) in [6, 6.07) is 4.44. The Kier molecular flexibility index (Phi) is 8.14. The van der Waals surface area contributed by atoms with Gasteiger partial charge in [-0.15, -0.1) is 12.4 Å². The molecule has 9 heteroatoms. The molecule has 1 aromatic rings. The molecule has 1 amide bonds. The molecule has 1 atom stereocenters. The molecule has 25 heavy (non-hydrogen) atoms. The van der Waals surface area contributed by atoms with Crippen molar-refractivity contribution in [2.45, 2.75) is 17.7 Å². The Balaban J connectivity index is 0.00000312. The van der Waals surface area contributed by atoms with Crippen LogP contribution in [0.25, 0.3) is 0 Å². The van der Waals surface area contributed by atoms with Gasteiger partial charge in [0, 0.05) is 26.2 Å². The molecule has 1 fully saturated rings. The van der Waals surface area contributed by atoms with Gasteiger partial charge in [-0.3, -0.25) is 4.79 Å². The molecule has 7 nitrogen and oxygen atoms in total. The third-order valence-electron chi connectivity index (χ3n) is 4.13. The van der Waals surface area contributed by atoms with Gasteiger partial charge in [0.25, 0.3) is 5.91 Å². The minimum absolute atomic E-state index is 0. The monoisotopic (exact) mass is 391 g/mol. The van der Waals surface area contributed by atoms with Crippen LogP contribution >= 0.6 is 12.4 Å². The number of ether oxygens (including phenoxy) is 1. The molecular formula is C16H26ClN3O4S. The summed E-state index contributed by atoms with van der Waals surface area (Å²) in [7, 11) is 0.594. The van der Waals surface area contributed by atoms with Gasteiger partial charge in [0.1, 0.15) is 10.6 Å². The van der Waals surface area contributed by atoms with E-state index in [4.69, 9.17) is 4.74 Å². The standard InChI is InChI=1S/C16H25N3O4S.ClH/c1-19(2)24(21,22)15-9-13(6-7-14(15)23-3)16(20)18-11-12-5-4-8-17-10-12;/h6-7,9,12,17H,4-5,8,10-11H2,1-3H3,(H,18,20);1H. The van der Waals surface area contributed by atoms with Crippen LogP contribution in [-0.4, -0.2) is 59.5 Å². The molecule has 1 heterocycles. The molecule has 0 spiro atoms. The van der Waals surface area contributed by atoms with E-state index >= 15 is 0 Å². The first-order valence-corrected chi connectivity index (χ1v) is 9.39. The molecule has 2 rings (SSSR count). The summed E-state index contributed by atoms with van der Waals surface area (Å²) in [4.78, 5) is 12.3. The third-order valence-corrected chi connectivity index (χ3v) is 5.97. The zero-order valence-corrected chi connectivity index (χ0v) is 16.4. The molecule has 1 saturated heterocycles. The van der Waals surface area contributed by atoms with Crippen molar-refractivity contribution < 1.29 is 17.9 Å². The summed E-state index contributed by atoms with van der Waals surface area (Å²) in [5.74, 6) is 0.348. The van der Waals surface area contributed by atoms with E-state index in [9.17, 15) is 13.2 Å². The highest BCUT2D eigenvalue weighted by Gasteiger charge is 2.24. The lowest BCUT2D eigenvalue weighted by molar-refractivity contribution is 0.0944. The second kappa shape index (κ2) is 9.38. The number of methoxy groups -OCH3 is 1. The predicted octanol–water partition coefficient (Wildman–Crippen LogP) is 1.10. The number of nitrogens with zero attached hydrogens (tertiary/aromatic N) is 1. The maximum Gasteiger partial charge on any atom is 0.251 e. The van der Waals surface area contributed by atoms with Crippen LogP contribution in [0.5, 0.6) is 5.75 Å². The van der Waals surface area contributed by atoms with Gasteiger partial charge >= 0.3 is 0 Å². The summed E-state index contributed by atoms with van der Waals surface area (Å²) in [6.45, 7) is 2.49. The number of hydrogen-bond donors (Lipinski definition) is 2. The van der Waals surface area contributed by atoms with Gasteiger partial charge in [-0.1, -0.05) is 0 Å². The average molecular weight is 392 g/mol. The number of piperidine rings is 1. The second-order valence-electron chi connectivity index (χ2n) is 6.08. The van der Waals surface area contributed by atoms with Crippen LogP contribution in [0.1, 0.15) is 23.2 Å².